The summed E-state index contributed by atoms with van der Waals surface area (Å²) in [5.74, 6) is -0.453. The van der Waals surface area contributed by atoms with Crippen molar-refractivity contribution in [2.45, 2.75) is 31.3 Å². The molecule has 1 aromatic rings. The quantitative estimate of drug-likeness (QED) is 0.860. The first-order valence-electron chi connectivity index (χ1n) is 7.27. The van der Waals surface area contributed by atoms with Gasteiger partial charge in [0, 0.05) is 7.05 Å². The highest BCUT2D eigenvalue weighted by Gasteiger charge is 2.43. The van der Waals surface area contributed by atoms with Gasteiger partial charge >= 0.3 is 5.97 Å². The van der Waals surface area contributed by atoms with Crippen LogP contribution in [-0.2, 0) is 4.79 Å². The van der Waals surface area contributed by atoms with Crippen LogP contribution in [0, 0.1) is 5.92 Å². The van der Waals surface area contributed by atoms with E-state index in [9.17, 15) is 9.59 Å². The van der Waals surface area contributed by atoms with E-state index < -0.39 is 11.6 Å². The summed E-state index contributed by atoms with van der Waals surface area (Å²) in [7, 11) is 1.78. The Labute approximate surface area is 123 Å². The number of likely N-dealkylation sites (N-methyl/N-ethyl adjacent to an activating group) is 1. The summed E-state index contributed by atoms with van der Waals surface area (Å²) >= 11 is 0. The number of carboxylic acid groups (broad SMARTS) is 1. The highest BCUT2D eigenvalue weighted by atomic mass is 16.5. The van der Waals surface area contributed by atoms with Crippen molar-refractivity contribution in [1.82, 2.24) is 4.90 Å². The molecule has 5 nitrogen and oxygen atoms in total. The van der Waals surface area contributed by atoms with E-state index in [0.717, 1.165) is 0 Å². The summed E-state index contributed by atoms with van der Waals surface area (Å²) in [6.45, 7) is 0.507. The zero-order valence-electron chi connectivity index (χ0n) is 12.0. The highest BCUT2D eigenvalue weighted by molar-refractivity contribution is 5.97. The molecule has 1 heterocycles. The van der Waals surface area contributed by atoms with Crippen molar-refractivity contribution in [3.05, 3.63) is 29.8 Å². The third-order valence-corrected chi connectivity index (χ3v) is 4.56. The molecule has 1 aliphatic heterocycles. The molecular weight excluding hydrogens is 270 g/mol. The Kier molecular flexibility index (Phi) is 3.35. The number of rotatable bonds is 1. The maximum Gasteiger partial charge on any atom is 0.306 e. The monoisotopic (exact) mass is 289 g/mol. The number of aliphatic carboxylic acids is 1. The first-order chi connectivity index (χ1) is 10.0. The van der Waals surface area contributed by atoms with Gasteiger partial charge in [0.25, 0.3) is 5.91 Å². The molecule has 112 valence electrons. The van der Waals surface area contributed by atoms with Crippen LogP contribution >= 0.6 is 0 Å². The Morgan fingerprint density at radius 1 is 1.33 bits per heavy atom. The first kappa shape index (κ1) is 13.9. The zero-order chi connectivity index (χ0) is 15.0. The number of carboxylic acids is 1. The lowest BCUT2D eigenvalue weighted by molar-refractivity contribution is -0.144. The molecule has 2 aliphatic rings. The van der Waals surface area contributed by atoms with E-state index in [-0.39, 0.29) is 11.8 Å². The van der Waals surface area contributed by atoms with Crippen LogP contribution in [0.3, 0.4) is 0 Å². The van der Waals surface area contributed by atoms with Crippen molar-refractivity contribution in [3.63, 3.8) is 0 Å². The molecule has 0 unspecified atom stereocenters. The molecule has 0 saturated heterocycles. The van der Waals surface area contributed by atoms with Gasteiger partial charge in [-0.2, -0.15) is 0 Å². The SMILES string of the molecule is CN1CC2(CCC(C(=O)O)CC2)Oc2ccccc2C1=O. The second kappa shape index (κ2) is 5.06. The van der Waals surface area contributed by atoms with Crippen molar-refractivity contribution in [1.29, 1.82) is 0 Å². The molecular formula is C16H19NO4. The van der Waals surface area contributed by atoms with Crippen LogP contribution in [0.5, 0.6) is 5.75 Å². The fourth-order valence-electron chi connectivity index (χ4n) is 3.36. The summed E-state index contributed by atoms with van der Waals surface area (Å²) in [6.07, 6.45) is 2.52. The standard InChI is InChI=1S/C16H19NO4/c1-17-10-16(8-6-11(7-9-16)15(19)20)21-13-5-3-2-4-12(13)14(17)18/h2-5,11H,6-10H2,1H3,(H,19,20). The van der Waals surface area contributed by atoms with Crippen molar-refractivity contribution in [2.75, 3.05) is 13.6 Å². The Hall–Kier alpha value is -2.04. The number of hydrogen-bond acceptors (Lipinski definition) is 3. The van der Waals surface area contributed by atoms with Gasteiger partial charge in [0.2, 0.25) is 0 Å². The minimum atomic E-state index is -0.733. The minimum absolute atomic E-state index is 0.0390. The topological polar surface area (TPSA) is 66.8 Å². The van der Waals surface area contributed by atoms with Crippen molar-refractivity contribution in [2.24, 2.45) is 5.92 Å². The van der Waals surface area contributed by atoms with Crippen LogP contribution in [0.15, 0.2) is 24.3 Å². The summed E-state index contributed by atoms with van der Waals surface area (Å²) in [5, 5.41) is 9.13. The van der Waals surface area contributed by atoms with E-state index in [1.54, 1.807) is 18.0 Å². The van der Waals surface area contributed by atoms with Gasteiger partial charge in [0.05, 0.1) is 18.0 Å². The van der Waals surface area contributed by atoms with Gasteiger partial charge in [-0.3, -0.25) is 9.59 Å². The van der Waals surface area contributed by atoms with Crippen LogP contribution in [0.25, 0.3) is 0 Å². The fraction of sp³-hybridized carbons (Fsp3) is 0.500. The smallest absolute Gasteiger partial charge is 0.306 e. The average Bonchev–Trinajstić information content (AvgIpc) is 2.56. The molecule has 1 aromatic carbocycles. The summed E-state index contributed by atoms with van der Waals surface area (Å²) in [5.41, 5.74) is 0.125. The number of hydrogen-bond donors (Lipinski definition) is 1. The molecule has 1 aliphatic carbocycles. The van der Waals surface area contributed by atoms with E-state index in [0.29, 0.717) is 43.5 Å². The highest BCUT2D eigenvalue weighted by Crippen LogP contribution is 2.39. The molecule has 0 radical (unpaired) electrons. The van der Waals surface area contributed by atoms with Gasteiger partial charge in [-0.1, -0.05) is 12.1 Å². The van der Waals surface area contributed by atoms with Crippen LogP contribution in [0.2, 0.25) is 0 Å². The molecule has 1 fully saturated rings. The lowest BCUT2D eigenvalue weighted by Crippen LogP contribution is -2.49. The number of ether oxygens (including phenoxy) is 1. The normalized spacial score (nSPS) is 28.7. The Morgan fingerprint density at radius 3 is 2.67 bits per heavy atom. The zero-order valence-corrected chi connectivity index (χ0v) is 12.0. The first-order valence-corrected chi connectivity index (χ1v) is 7.27. The third kappa shape index (κ3) is 2.48. The van der Waals surface area contributed by atoms with Gasteiger partial charge in [0.15, 0.2) is 0 Å². The van der Waals surface area contributed by atoms with Crippen molar-refractivity contribution in [3.8, 4) is 5.75 Å². The van der Waals surface area contributed by atoms with E-state index in [2.05, 4.69) is 0 Å². The molecule has 1 amide bonds. The van der Waals surface area contributed by atoms with E-state index in [4.69, 9.17) is 9.84 Å². The number of nitrogens with zero attached hydrogens (tertiary/aromatic N) is 1. The predicted molar refractivity (Wildman–Crippen MR) is 76.4 cm³/mol. The molecule has 0 atom stereocenters. The second-order valence-electron chi connectivity index (χ2n) is 6.05. The largest absolute Gasteiger partial charge is 0.485 e. The molecule has 1 N–H and O–H groups in total. The number of fused-ring (bicyclic) bond motifs is 1. The lowest BCUT2D eigenvalue weighted by Gasteiger charge is -2.39. The Morgan fingerprint density at radius 2 is 2.00 bits per heavy atom. The number of amides is 1. The number of carbonyl (C=O) groups excluding carboxylic acids is 1. The number of carbonyl (C=O) groups is 2. The van der Waals surface area contributed by atoms with Crippen molar-refractivity contribution >= 4 is 11.9 Å². The third-order valence-electron chi connectivity index (χ3n) is 4.56. The lowest BCUT2D eigenvalue weighted by atomic mass is 9.78. The number of para-hydroxylation sites is 1. The van der Waals surface area contributed by atoms with Gasteiger partial charge in [-0.25, -0.2) is 0 Å². The maximum atomic E-state index is 12.4. The predicted octanol–water partition coefficient (Wildman–Crippen LogP) is 2.16. The summed E-state index contributed by atoms with van der Waals surface area (Å²) < 4.78 is 6.20. The van der Waals surface area contributed by atoms with Crippen LogP contribution in [0.1, 0.15) is 36.0 Å². The van der Waals surface area contributed by atoms with E-state index in [1.165, 1.54) is 0 Å². The van der Waals surface area contributed by atoms with Crippen LogP contribution in [0.4, 0.5) is 0 Å². The van der Waals surface area contributed by atoms with Gasteiger partial charge < -0.3 is 14.7 Å². The van der Waals surface area contributed by atoms with Crippen LogP contribution in [-0.4, -0.2) is 41.1 Å². The average molecular weight is 289 g/mol. The van der Waals surface area contributed by atoms with E-state index in [1.807, 2.05) is 18.2 Å². The second-order valence-corrected chi connectivity index (χ2v) is 6.05. The van der Waals surface area contributed by atoms with Crippen LogP contribution < -0.4 is 4.74 Å². The Bertz CT molecular complexity index is 575. The maximum absolute atomic E-state index is 12.4. The Balaban J connectivity index is 1.89. The molecule has 0 aromatic heterocycles. The molecule has 5 heteroatoms. The molecule has 3 rings (SSSR count). The van der Waals surface area contributed by atoms with Crippen molar-refractivity contribution < 1.29 is 19.4 Å². The number of benzene rings is 1. The van der Waals surface area contributed by atoms with Gasteiger partial charge in [0.1, 0.15) is 11.4 Å². The van der Waals surface area contributed by atoms with Gasteiger partial charge in [-0.15, -0.1) is 0 Å². The minimum Gasteiger partial charge on any atom is -0.485 e. The molecule has 21 heavy (non-hydrogen) atoms. The fourth-order valence-corrected chi connectivity index (χ4v) is 3.36. The molecule has 0 bridgehead atoms. The van der Waals surface area contributed by atoms with E-state index >= 15 is 0 Å². The summed E-state index contributed by atoms with van der Waals surface area (Å²) in [4.78, 5) is 25.2. The molecule has 1 spiro atoms. The summed E-state index contributed by atoms with van der Waals surface area (Å²) in [6, 6.07) is 7.27. The van der Waals surface area contributed by atoms with Gasteiger partial charge in [-0.05, 0) is 37.8 Å². The molecule has 1 saturated carbocycles.